The number of hydrogen-bond acceptors (Lipinski definition) is 4. The average Bonchev–Trinajstić information content (AvgIpc) is 2.33. The lowest BCUT2D eigenvalue weighted by atomic mass is 10.3. The molecule has 0 aromatic carbocycles. The Kier molecular flexibility index (Phi) is 4.02. The van der Waals surface area contributed by atoms with Crippen molar-refractivity contribution in [2.75, 3.05) is 44.0 Å². The molecule has 1 aromatic heterocycles. The van der Waals surface area contributed by atoms with Crippen LogP contribution in [-0.2, 0) is 6.54 Å². The highest BCUT2D eigenvalue weighted by Crippen LogP contribution is 2.11. The zero-order valence-corrected chi connectivity index (χ0v) is 10.7. The monoisotopic (exact) mass is 256 g/mol. The van der Waals surface area contributed by atoms with E-state index in [9.17, 15) is 4.79 Å². The van der Waals surface area contributed by atoms with Crippen molar-refractivity contribution in [1.29, 1.82) is 0 Å². The molecule has 1 fully saturated rings. The van der Waals surface area contributed by atoms with Crippen LogP contribution in [0.4, 0.5) is 5.69 Å². The van der Waals surface area contributed by atoms with Gasteiger partial charge in [0.15, 0.2) is 0 Å². The van der Waals surface area contributed by atoms with Crippen molar-refractivity contribution in [3.8, 4) is 0 Å². The van der Waals surface area contributed by atoms with Gasteiger partial charge in [0.05, 0.1) is 18.4 Å². The Morgan fingerprint density at radius 3 is 2.65 bits per heavy atom. The quantitative estimate of drug-likeness (QED) is 0.727. The highest BCUT2D eigenvalue weighted by molar-refractivity contribution is 6.17. The molecule has 1 aromatic rings. The molecular formula is C11H17ClN4O. The minimum absolute atomic E-state index is 0.0814. The SMILES string of the molecule is CN1CCN(c2cnn(CCCl)c(=O)c2)CC1. The highest BCUT2D eigenvalue weighted by atomic mass is 35.5. The Hall–Kier alpha value is -1.07. The second-order valence-corrected chi connectivity index (χ2v) is 4.63. The summed E-state index contributed by atoms with van der Waals surface area (Å²) in [6.45, 7) is 4.38. The largest absolute Gasteiger partial charge is 0.368 e. The van der Waals surface area contributed by atoms with Gasteiger partial charge in [0.25, 0.3) is 5.56 Å². The van der Waals surface area contributed by atoms with Gasteiger partial charge in [-0.25, -0.2) is 4.68 Å². The van der Waals surface area contributed by atoms with Gasteiger partial charge in [-0.05, 0) is 7.05 Å². The third-order valence-corrected chi connectivity index (χ3v) is 3.19. The number of hydrogen-bond donors (Lipinski definition) is 0. The summed E-state index contributed by atoms with van der Waals surface area (Å²) < 4.78 is 1.40. The standard InChI is InChI=1S/C11H17ClN4O/c1-14-4-6-15(7-5-14)10-8-11(17)16(3-2-12)13-9-10/h8-9H,2-7H2,1H3. The van der Waals surface area contributed by atoms with Crippen molar-refractivity contribution in [1.82, 2.24) is 14.7 Å². The number of likely N-dealkylation sites (N-methyl/N-ethyl adjacent to an activating group) is 1. The van der Waals surface area contributed by atoms with Crippen LogP contribution in [0.15, 0.2) is 17.1 Å². The molecule has 94 valence electrons. The minimum Gasteiger partial charge on any atom is -0.368 e. The van der Waals surface area contributed by atoms with Crippen LogP contribution in [0, 0.1) is 0 Å². The van der Waals surface area contributed by atoms with Gasteiger partial charge in [0, 0.05) is 38.1 Å². The van der Waals surface area contributed by atoms with Gasteiger partial charge in [0.1, 0.15) is 0 Å². The molecule has 5 nitrogen and oxygen atoms in total. The lowest BCUT2D eigenvalue weighted by molar-refractivity contribution is 0.312. The zero-order chi connectivity index (χ0) is 12.3. The van der Waals surface area contributed by atoms with E-state index in [1.807, 2.05) is 0 Å². The van der Waals surface area contributed by atoms with Crippen molar-refractivity contribution < 1.29 is 0 Å². The molecule has 17 heavy (non-hydrogen) atoms. The number of nitrogens with zero attached hydrogens (tertiary/aromatic N) is 4. The zero-order valence-electron chi connectivity index (χ0n) is 9.97. The van der Waals surface area contributed by atoms with Crippen molar-refractivity contribution in [2.45, 2.75) is 6.54 Å². The van der Waals surface area contributed by atoms with Crippen LogP contribution in [0.3, 0.4) is 0 Å². The van der Waals surface area contributed by atoms with Crippen LogP contribution in [0.25, 0.3) is 0 Å². The molecular weight excluding hydrogens is 240 g/mol. The summed E-state index contributed by atoms with van der Waals surface area (Å²) in [5, 5.41) is 4.13. The number of halogens is 1. The normalized spacial score (nSPS) is 17.4. The third-order valence-electron chi connectivity index (χ3n) is 3.02. The molecule has 0 bridgehead atoms. The molecule has 0 unspecified atom stereocenters. The van der Waals surface area contributed by atoms with E-state index in [1.54, 1.807) is 12.3 Å². The highest BCUT2D eigenvalue weighted by Gasteiger charge is 2.15. The number of anilines is 1. The molecule has 0 amide bonds. The lowest BCUT2D eigenvalue weighted by Gasteiger charge is -2.33. The second kappa shape index (κ2) is 5.51. The fourth-order valence-electron chi connectivity index (χ4n) is 1.91. The molecule has 1 saturated heterocycles. The van der Waals surface area contributed by atoms with Gasteiger partial charge in [-0.1, -0.05) is 0 Å². The Morgan fingerprint density at radius 2 is 2.06 bits per heavy atom. The first-order chi connectivity index (χ1) is 8.20. The second-order valence-electron chi connectivity index (χ2n) is 4.25. The van der Waals surface area contributed by atoms with Crippen LogP contribution in [0.1, 0.15) is 0 Å². The van der Waals surface area contributed by atoms with Gasteiger partial charge in [0.2, 0.25) is 0 Å². The van der Waals surface area contributed by atoms with Crippen LogP contribution in [-0.4, -0.2) is 53.8 Å². The molecule has 0 N–H and O–H groups in total. The van der Waals surface area contributed by atoms with Crippen LogP contribution >= 0.6 is 11.6 Å². The molecule has 0 atom stereocenters. The van der Waals surface area contributed by atoms with Gasteiger partial charge in [-0.3, -0.25) is 4.79 Å². The average molecular weight is 257 g/mol. The summed E-state index contributed by atoms with van der Waals surface area (Å²) in [5.41, 5.74) is 0.830. The maximum absolute atomic E-state index is 11.7. The Bertz CT molecular complexity index is 426. The van der Waals surface area contributed by atoms with E-state index in [4.69, 9.17) is 11.6 Å². The number of rotatable bonds is 3. The molecule has 1 aliphatic rings. The molecule has 6 heteroatoms. The number of piperazine rings is 1. The maximum Gasteiger partial charge on any atom is 0.268 e. The Labute approximate surface area is 106 Å². The van der Waals surface area contributed by atoms with Gasteiger partial charge < -0.3 is 9.80 Å². The summed E-state index contributed by atoms with van der Waals surface area (Å²) >= 11 is 5.60. The first kappa shape index (κ1) is 12.4. The van der Waals surface area contributed by atoms with Crippen LogP contribution in [0.2, 0.25) is 0 Å². The molecule has 1 aliphatic heterocycles. The maximum atomic E-state index is 11.7. The topological polar surface area (TPSA) is 41.4 Å². The van der Waals surface area contributed by atoms with E-state index in [2.05, 4.69) is 21.9 Å². The molecule has 0 aliphatic carbocycles. The summed E-state index contributed by atoms with van der Waals surface area (Å²) in [4.78, 5) is 16.2. The number of aryl methyl sites for hydroxylation is 1. The number of aromatic nitrogens is 2. The minimum atomic E-state index is -0.0814. The first-order valence-electron chi connectivity index (χ1n) is 5.77. The van der Waals surface area contributed by atoms with Crippen LogP contribution < -0.4 is 10.5 Å². The van der Waals surface area contributed by atoms with E-state index >= 15 is 0 Å². The molecule has 0 radical (unpaired) electrons. The fourth-order valence-corrected chi connectivity index (χ4v) is 2.07. The van der Waals surface area contributed by atoms with Crippen molar-refractivity contribution >= 4 is 17.3 Å². The fraction of sp³-hybridized carbons (Fsp3) is 0.636. The van der Waals surface area contributed by atoms with Crippen molar-refractivity contribution in [3.05, 3.63) is 22.6 Å². The summed E-state index contributed by atoms with van der Waals surface area (Å²) in [6, 6.07) is 1.64. The van der Waals surface area contributed by atoms with Crippen LogP contribution in [0.5, 0.6) is 0 Å². The third kappa shape index (κ3) is 2.98. The predicted molar refractivity (Wildman–Crippen MR) is 68.9 cm³/mol. The summed E-state index contributed by atoms with van der Waals surface area (Å²) in [5.74, 6) is 0.404. The smallest absolute Gasteiger partial charge is 0.268 e. The lowest BCUT2D eigenvalue weighted by Crippen LogP contribution is -2.45. The van der Waals surface area contributed by atoms with Crippen molar-refractivity contribution in [2.24, 2.45) is 0 Å². The summed E-state index contributed by atoms with van der Waals surface area (Å²) in [6.07, 6.45) is 1.75. The van der Waals surface area contributed by atoms with E-state index in [0.29, 0.717) is 12.4 Å². The van der Waals surface area contributed by atoms with E-state index in [-0.39, 0.29) is 5.56 Å². The van der Waals surface area contributed by atoms with Gasteiger partial charge in [-0.2, -0.15) is 5.10 Å². The summed E-state index contributed by atoms with van der Waals surface area (Å²) in [7, 11) is 2.11. The van der Waals surface area contributed by atoms with Gasteiger partial charge in [-0.15, -0.1) is 11.6 Å². The Balaban J connectivity index is 2.12. The predicted octanol–water partition coefficient (Wildman–Crippen LogP) is 0.234. The number of alkyl halides is 1. The van der Waals surface area contributed by atoms with E-state index < -0.39 is 0 Å². The first-order valence-corrected chi connectivity index (χ1v) is 6.31. The van der Waals surface area contributed by atoms with E-state index in [1.165, 1.54) is 4.68 Å². The molecule has 0 spiro atoms. The van der Waals surface area contributed by atoms with Crippen molar-refractivity contribution in [3.63, 3.8) is 0 Å². The molecule has 2 heterocycles. The van der Waals surface area contributed by atoms with E-state index in [0.717, 1.165) is 31.9 Å². The molecule has 2 rings (SSSR count). The Morgan fingerprint density at radius 1 is 1.35 bits per heavy atom. The molecule has 0 saturated carbocycles. The van der Waals surface area contributed by atoms with Gasteiger partial charge >= 0.3 is 0 Å².